The fourth-order valence-electron chi connectivity index (χ4n) is 3.58. The molecular formula is C18H28FN3O. The molecule has 23 heavy (non-hydrogen) atoms. The summed E-state index contributed by atoms with van der Waals surface area (Å²) in [5.74, 6) is 0.466. The Hall–Kier alpha value is -1.01. The molecule has 2 N–H and O–H groups in total. The molecular weight excluding hydrogens is 293 g/mol. The second-order valence-electron chi connectivity index (χ2n) is 6.97. The van der Waals surface area contributed by atoms with Crippen LogP contribution in [0, 0.1) is 11.7 Å². The molecule has 5 heteroatoms. The molecule has 2 aliphatic rings. The van der Waals surface area contributed by atoms with Crippen molar-refractivity contribution in [2.45, 2.75) is 51.5 Å². The van der Waals surface area contributed by atoms with E-state index in [1.165, 1.54) is 12.1 Å². The Balaban J connectivity index is 1.39. The van der Waals surface area contributed by atoms with Crippen LogP contribution in [0.4, 0.5) is 4.39 Å². The van der Waals surface area contributed by atoms with Crippen LogP contribution >= 0.6 is 0 Å². The van der Waals surface area contributed by atoms with Crippen molar-refractivity contribution >= 4 is 0 Å². The third-order valence-corrected chi connectivity index (χ3v) is 5.23. The fourth-order valence-corrected chi connectivity index (χ4v) is 3.58. The summed E-state index contributed by atoms with van der Waals surface area (Å²) < 4.78 is 18.9. The average Bonchev–Trinajstić information content (AvgIpc) is 2.88. The summed E-state index contributed by atoms with van der Waals surface area (Å²) in [6.07, 6.45) is 2.49. The van der Waals surface area contributed by atoms with Crippen LogP contribution in [0.25, 0.3) is 0 Å². The standard InChI is InChI=1S/C18H28FN3O/c1-13-18(14(2)21-20-13)11-22-9-7-17(8-10-22)23-12-15-3-5-16(19)6-4-15/h3-6,13-14,17-18,20-21H,7-12H2,1-2H3. The van der Waals surface area contributed by atoms with Crippen molar-refractivity contribution in [2.75, 3.05) is 19.6 Å². The van der Waals surface area contributed by atoms with E-state index in [-0.39, 0.29) is 5.82 Å². The molecule has 2 aliphatic heterocycles. The molecule has 4 nitrogen and oxygen atoms in total. The van der Waals surface area contributed by atoms with Gasteiger partial charge in [0.1, 0.15) is 5.82 Å². The number of benzene rings is 1. The van der Waals surface area contributed by atoms with Crippen LogP contribution in [0.5, 0.6) is 0 Å². The zero-order chi connectivity index (χ0) is 16.2. The fraction of sp³-hybridized carbons (Fsp3) is 0.667. The van der Waals surface area contributed by atoms with Gasteiger partial charge in [-0.2, -0.15) is 0 Å². The van der Waals surface area contributed by atoms with Crippen LogP contribution < -0.4 is 10.9 Å². The van der Waals surface area contributed by atoms with Gasteiger partial charge in [0.2, 0.25) is 0 Å². The van der Waals surface area contributed by atoms with Gasteiger partial charge in [0, 0.05) is 37.6 Å². The number of hydrogen-bond donors (Lipinski definition) is 2. The highest BCUT2D eigenvalue weighted by Crippen LogP contribution is 2.21. The van der Waals surface area contributed by atoms with E-state index in [4.69, 9.17) is 4.74 Å². The minimum Gasteiger partial charge on any atom is -0.373 e. The molecule has 0 bridgehead atoms. The predicted molar refractivity (Wildman–Crippen MR) is 89.3 cm³/mol. The predicted octanol–water partition coefficient (Wildman–Crippen LogP) is 2.31. The maximum absolute atomic E-state index is 12.9. The van der Waals surface area contributed by atoms with Crippen molar-refractivity contribution < 1.29 is 9.13 Å². The zero-order valence-electron chi connectivity index (χ0n) is 14.1. The van der Waals surface area contributed by atoms with Crippen LogP contribution in [0.2, 0.25) is 0 Å². The van der Waals surface area contributed by atoms with E-state index >= 15 is 0 Å². The summed E-state index contributed by atoms with van der Waals surface area (Å²) in [5, 5.41) is 0. The van der Waals surface area contributed by atoms with E-state index < -0.39 is 0 Å². The van der Waals surface area contributed by atoms with Crippen LogP contribution in [0.1, 0.15) is 32.3 Å². The van der Waals surface area contributed by atoms with Crippen molar-refractivity contribution in [3.05, 3.63) is 35.6 Å². The average molecular weight is 321 g/mol. The number of nitrogens with zero attached hydrogens (tertiary/aromatic N) is 1. The largest absolute Gasteiger partial charge is 0.373 e. The molecule has 0 aliphatic carbocycles. The first-order valence-electron chi connectivity index (χ1n) is 8.71. The molecule has 0 amide bonds. The monoisotopic (exact) mass is 321 g/mol. The van der Waals surface area contributed by atoms with Gasteiger partial charge < -0.3 is 9.64 Å². The topological polar surface area (TPSA) is 36.5 Å². The second kappa shape index (κ2) is 7.71. The molecule has 0 saturated carbocycles. The molecule has 2 saturated heterocycles. The minimum atomic E-state index is -0.193. The van der Waals surface area contributed by atoms with Crippen molar-refractivity contribution in [3.63, 3.8) is 0 Å². The molecule has 2 atom stereocenters. The Morgan fingerprint density at radius 2 is 1.70 bits per heavy atom. The lowest BCUT2D eigenvalue weighted by Gasteiger charge is -2.34. The lowest BCUT2D eigenvalue weighted by atomic mass is 9.95. The lowest BCUT2D eigenvalue weighted by molar-refractivity contribution is -0.00554. The van der Waals surface area contributed by atoms with Gasteiger partial charge in [0.25, 0.3) is 0 Å². The SMILES string of the molecule is CC1NNC(C)C1CN1CCC(OCc2ccc(F)cc2)CC1. The van der Waals surface area contributed by atoms with Crippen molar-refractivity contribution in [2.24, 2.45) is 5.92 Å². The third kappa shape index (κ3) is 4.51. The Kier molecular flexibility index (Phi) is 5.64. The molecule has 2 fully saturated rings. The summed E-state index contributed by atoms with van der Waals surface area (Å²) in [6, 6.07) is 7.64. The molecule has 0 aromatic heterocycles. The lowest BCUT2D eigenvalue weighted by Crippen LogP contribution is -2.43. The number of nitrogens with one attached hydrogen (secondary N) is 2. The maximum Gasteiger partial charge on any atom is 0.123 e. The first-order chi connectivity index (χ1) is 11.1. The van der Waals surface area contributed by atoms with Gasteiger partial charge in [-0.25, -0.2) is 4.39 Å². The number of piperidine rings is 1. The van der Waals surface area contributed by atoms with E-state index in [2.05, 4.69) is 29.6 Å². The van der Waals surface area contributed by atoms with Gasteiger partial charge in [-0.05, 0) is 44.4 Å². The summed E-state index contributed by atoms with van der Waals surface area (Å²) in [6.45, 7) is 8.43. The molecule has 0 spiro atoms. The van der Waals surface area contributed by atoms with Gasteiger partial charge in [-0.1, -0.05) is 12.1 Å². The first-order valence-corrected chi connectivity index (χ1v) is 8.71. The van der Waals surface area contributed by atoms with Gasteiger partial charge in [-0.15, -0.1) is 0 Å². The maximum atomic E-state index is 12.9. The number of rotatable bonds is 5. The van der Waals surface area contributed by atoms with Crippen LogP contribution in [-0.2, 0) is 11.3 Å². The number of hydrazine groups is 1. The Labute approximate surface area is 138 Å². The highest BCUT2D eigenvalue weighted by molar-refractivity contribution is 5.15. The number of ether oxygens (including phenoxy) is 1. The molecule has 2 heterocycles. The van der Waals surface area contributed by atoms with Gasteiger partial charge in [-0.3, -0.25) is 10.9 Å². The molecule has 128 valence electrons. The van der Waals surface area contributed by atoms with E-state index in [9.17, 15) is 4.39 Å². The molecule has 3 rings (SSSR count). The Morgan fingerprint density at radius 3 is 2.30 bits per heavy atom. The summed E-state index contributed by atoms with van der Waals surface area (Å²) >= 11 is 0. The van der Waals surface area contributed by atoms with E-state index in [1.807, 2.05) is 0 Å². The van der Waals surface area contributed by atoms with Gasteiger partial charge >= 0.3 is 0 Å². The third-order valence-electron chi connectivity index (χ3n) is 5.23. The summed E-state index contributed by atoms with van der Waals surface area (Å²) in [7, 11) is 0. The van der Waals surface area contributed by atoms with Crippen molar-refractivity contribution in [1.29, 1.82) is 0 Å². The number of hydrogen-bond acceptors (Lipinski definition) is 4. The quantitative estimate of drug-likeness (QED) is 0.873. The molecule has 1 aromatic rings. The molecule has 1 aromatic carbocycles. The van der Waals surface area contributed by atoms with Gasteiger partial charge in [0.15, 0.2) is 0 Å². The summed E-state index contributed by atoms with van der Waals surface area (Å²) in [4.78, 5) is 2.56. The highest BCUT2D eigenvalue weighted by Gasteiger charge is 2.32. The Bertz CT molecular complexity index is 478. The van der Waals surface area contributed by atoms with Crippen molar-refractivity contribution in [1.82, 2.24) is 15.8 Å². The Morgan fingerprint density at radius 1 is 1.09 bits per heavy atom. The minimum absolute atomic E-state index is 0.193. The smallest absolute Gasteiger partial charge is 0.123 e. The van der Waals surface area contributed by atoms with Crippen LogP contribution in [0.3, 0.4) is 0 Å². The first kappa shape index (κ1) is 16.8. The molecule has 0 radical (unpaired) electrons. The van der Waals surface area contributed by atoms with Crippen LogP contribution in [0.15, 0.2) is 24.3 Å². The second-order valence-corrected chi connectivity index (χ2v) is 6.97. The normalized spacial score (nSPS) is 30.0. The molecule has 2 unspecified atom stereocenters. The highest BCUT2D eigenvalue weighted by atomic mass is 19.1. The van der Waals surface area contributed by atoms with E-state index in [0.29, 0.717) is 30.7 Å². The zero-order valence-corrected chi connectivity index (χ0v) is 14.1. The van der Waals surface area contributed by atoms with Gasteiger partial charge in [0.05, 0.1) is 12.7 Å². The van der Waals surface area contributed by atoms with E-state index in [1.54, 1.807) is 12.1 Å². The number of halogens is 1. The summed E-state index contributed by atoms with van der Waals surface area (Å²) in [5.41, 5.74) is 7.71. The number of likely N-dealkylation sites (tertiary alicyclic amines) is 1. The van der Waals surface area contributed by atoms with Crippen molar-refractivity contribution in [3.8, 4) is 0 Å². The van der Waals surface area contributed by atoms with E-state index in [0.717, 1.165) is 38.0 Å². The van der Waals surface area contributed by atoms with Crippen LogP contribution in [-0.4, -0.2) is 42.7 Å².